The number of carbonyl (C=O) groups excluding carboxylic acids is 1. The van der Waals surface area contributed by atoms with Gasteiger partial charge in [0.25, 0.3) is 0 Å². The first kappa shape index (κ1) is 16.8. The lowest BCUT2D eigenvalue weighted by molar-refractivity contribution is 0.199. The molecular weight excluding hydrogens is 294 g/mol. The van der Waals surface area contributed by atoms with Gasteiger partial charge in [-0.1, -0.05) is 18.2 Å². The highest BCUT2D eigenvalue weighted by molar-refractivity contribution is 5.74. The van der Waals surface area contributed by atoms with Crippen molar-refractivity contribution in [2.24, 2.45) is 7.05 Å². The van der Waals surface area contributed by atoms with Crippen molar-refractivity contribution in [1.29, 1.82) is 0 Å². The van der Waals surface area contributed by atoms with E-state index in [4.69, 9.17) is 4.74 Å². The number of urea groups is 1. The van der Waals surface area contributed by atoms with Crippen molar-refractivity contribution in [1.82, 2.24) is 25.0 Å². The second-order valence-corrected chi connectivity index (χ2v) is 5.41. The summed E-state index contributed by atoms with van der Waals surface area (Å²) < 4.78 is 7.40. The summed E-state index contributed by atoms with van der Waals surface area (Å²) in [5.41, 5.74) is 0. The molecule has 0 radical (unpaired) electrons. The third-order valence-corrected chi connectivity index (χ3v) is 3.47. The SMILES string of the molecule is C[C@H](NC(=O)N(C)CCCOc1ccccc1)c1nncn1C. The fraction of sp³-hybridized carbons (Fsp3) is 0.438. The van der Waals surface area contributed by atoms with Gasteiger partial charge >= 0.3 is 6.03 Å². The van der Waals surface area contributed by atoms with E-state index in [1.165, 1.54) is 0 Å². The van der Waals surface area contributed by atoms with Crippen molar-refractivity contribution in [2.75, 3.05) is 20.2 Å². The van der Waals surface area contributed by atoms with Crippen molar-refractivity contribution in [2.45, 2.75) is 19.4 Å². The highest BCUT2D eigenvalue weighted by Crippen LogP contribution is 2.09. The number of aryl methyl sites for hydroxylation is 1. The highest BCUT2D eigenvalue weighted by Gasteiger charge is 2.16. The number of amides is 2. The first-order valence-electron chi connectivity index (χ1n) is 7.61. The minimum Gasteiger partial charge on any atom is -0.494 e. The summed E-state index contributed by atoms with van der Waals surface area (Å²) in [6.07, 6.45) is 2.37. The zero-order valence-corrected chi connectivity index (χ0v) is 13.8. The number of ether oxygens (including phenoxy) is 1. The number of para-hydroxylation sites is 1. The molecule has 0 aliphatic rings. The molecule has 0 saturated heterocycles. The van der Waals surface area contributed by atoms with Gasteiger partial charge in [0.15, 0.2) is 5.82 Å². The minimum absolute atomic E-state index is 0.139. The van der Waals surface area contributed by atoms with Gasteiger partial charge in [-0.2, -0.15) is 0 Å². The molecule has 124 valence electrons. The van der Waals surface area contributed by atoms with E-state index in [0.29, 0.717) is 13.2 Å². The van der Waals surface area contributed by atoms with E-state index in [2.05, 4.69) is 15.5 Å². The maximum Gasteiger partial charge on any atom is 0.317 e. The maximum absolute atomic E-state index is 12.1. The molecule has 0 aliphatic carbocycles. The molecule has 0 fully saturated rings. The van der Waals surface area contributed by atoms with Crippen LogP contribution in [0, 0.1) is 0 Å². The Morgan fingerprint density at radius 1 is 1.39 bits per heavy atom. The Labute approximate surface area is 136 Å². The van der Waals surface area contributed by atoms with E-state index in [-0.39, 0.29) is 12.1 Å². The second kappa shape index (κ2) is 8.17. The van der Waals surface area contributed by atoms with Crippen LogP contribution >= 0.6 is 0 Å². The number of benzene rings is 1. The Morgan fingerprint density at radius 2 is 2.13 bits per heavy atom. The van der Waals surface area contributed by atoms with Crippen LogP contribution in [0.4, 0.5) is 4.79 Å². The van der Waals surface area contributed by atoms with Crippen molar-refractivity contribution >= 4 is 6.03 Å². The number of nitrogens with one attached hydrogen (secondary N) is 1. The molecule has 1 aromatic carbocycles. The molecule has 1 aromatic heterocycles. The molecule has 0 spiro atoms. The van der Waals surface area contributed by atoms with Crippen molar-refractivity contribution < 1.29 is 9.53 Å². The quantitative estimate of drug-likeness (QED) is 0.793. The molecule has 0 unspecified atom stereocenters. The first-order chi connectivity index (χ1) is 11.1. The topological polar surface area (TPSA) is 72.3 Å². The second-order valence-electron chi connectivity index (χ2n) is 5.41. The average molecular weight is 317 g/mol. The number of hydrogen-bond acceptors (Lipinski definition) is 4. The molecule has 0 bridgehead atoms. The fourth-order valence-corrected chi connectivity index (χ4v) is 2.15. The van der Waals surface area contributed by atoms with Crippen LogP contribution in [0.25, 0.3) is 0 Å². The zero-order chi connectivity index (χ0) is 16.7. The van der Waals surface area contributed by atoms with Gasteiger partial charge < -0.3 is 19.5 Å². The number of rotatable bonds is 7. The van der Waals surface area contributed by atoms with Crippen LogP contribution in [0.15, 0.2) is 36.7 Å². The lowest BCUT2D eigenvalue weighted by Crippen LogP contribution is -2.40. The molecule has 2 aromatic rings. The van der Waals surface area contributed by atoms with Gasteiger partial charge in [0, 0.05) is 20.6 Å². The molecular formula is C16H23N5O2. The highest BCUT2D eigenvalue weighted by atomic mass is 16.5. The van der Waals surface area contributed by atoms with Crippen LogP contribution < -0.4 is 10.1 Å². The van der Waals surface area contributed by atoms with E-state index in [1.807, 2.05) is 44.3 Å². The first-order valence-corrected chi connectivity index (χ1v) is 7.61. The van der Waals surface area contributed by atoms with Crippen LogP contribution in [0.5, 0.6) is 5.75 Å². The molecule has 2 amide bonds. The molecule has 7 nitrogen and oxygen atoms in total. The predicted molar refractivity (Wildman–Crippen MR) is 87.1 cm³/mol. The summed E-state index contributed by atoms with van der Waals surface area (Å²) in [6.45, 7) is 3.07. The molecule has 1 atom stereocenters. The van der Waals surface area contributed by atoms with Crippen LogP contribution in [-0.2, 0) is 7.05 Å². The normalized spacial score (nSPS) is 11.8. The molecule has 1 N–H and O–H groups in total. The zero-order valence-electron chi connectivity index (χ0n) is 13.8. The summed E-state index contributed by atoms with van der Waals surface area (Å²) in [4.78, 5) is 13.8. The molecule has 1 heterocycles. The van der Waals surface area contributed by atoms with Crippen molar-refractivity contribution in [3.05, 3.63) is 42.5 Å². The van der Waals surface area contributed by atoms with E-state index in [0.717, 1.165) is 18.0 Å². The fourth-order valence-electron chi connectivity index (χ4n) is 2.15. The van der Waals surface area contributed by atoms with Gasteiger partial charge in [0.05, 0.1) is 12.6 Å². The van der Waals surface area contributed by atoms with Gasteiger partial charge in [0.1, 0.15) is 12.1 Å². The molecule has 7 heteroatoms. The van der Waals surface area contributed by atoms with E-state index in [9.17, 15) is 4.79 Å². The lowest BCUT2D eigenvalue weighted by atomic mass is 10.3. The van der Waals surface area contributed by atoms with Gasteiger partial charge in [-0.05, 0) is 25.5 Å². The van der Waals surface area contributed by atoms with E-state index < -0.39 is 0 Å². The Balaban J connectivity index is 1.69. The number of aromatic nitrogens is 3. The standard InChI is InChI=1S/C16H23N5O2/c1-13(15-19-17-12-21(15)3)18-16(22)20(2)10-7-11-23-14-8-5-4-6-9-14/h4-6,8-9,12-13H,7,10-11H2,1-3H3,(H,18,22)/t13-/m0/s1. The van der Waals surface area contributed by atoms with E-state index >= 15 is 0 Å². The largest absolute Gasteiger partial charge is 0.494 e. The van der Waals surface area contributed by atoms with Gasteiger partial charge in [0.2, 0.25) is 0 Å². The van der Waals surface area contributed by atoms with E-state index in [1.54, 1.807) is 22.8 Å². The predicted octanol–water partition coefficient (Wildman–Crippen LogP) is 1.99. The van der Waals surface area contributed by atoms with Gasteiger partial charge in [-0.15, -0.1) is 10.2 Å². The monoisotopic (exact) mass is 317 g/mol. The minimum atomic E-state index is -0.196. The summed E-state index contributed by atoms with van der Waals surface area (Å²) in [6, 6.07) is 9.31. The molecule has 2 rings (SSSR count). The molecule has 0 aliphatic heterocycles. The lowest BCUT2D eigenvalue weighted by Gasteiger charge is -2.21. The summed E-state index contributed by atoms with van der Waals surface area (Å²) in [5.74, 6) is 1.56. The Hall–Kier alpha value is -2.57. The van der Waals surface area contributed by atoms with Crippen molar-refractivity contribution in [3.63, 3.8) is 0 Å². The van der Waals surface area contributed by atoms with Crippen LogP contribution in [0.2, 0.25) is 0 Å². The third-order valence-electron chi connectivity index (χ3n) is 3.47. The number of carbonyl (C=O) groups is 1. The van der Waals surface area contributed by atoms with Gasteiger partial charge in [-0.3, -0.25) is 0 Å². The maximum atomic E-state index is 12.1. The Kier molecular flexibility index (Phi) is 5.96. The third kappa shape index (κ3) is 4.98. The Morgan fingerprint density at radius 3 is 2.78 bits per heavy atom. The Bertz CT molecular complexity index is 614. The summed E-state index contributed by atoms with van der Waals surface area (Å²) >= 11 is 0. The smallest absolute Gasteiger partial charge is 0.317 e. The summed E-state index contributed by atoms with van der Waals surface area (Å²) in [7, 11) is 3.61. The van der Waals surface area contributed by atoms with Crippen LogP contribution in [0.1, 0.15) is 25.2 Å². The van der Waals surface area contributed by atoms with Crippen molar-refractivity contribution in [3.8, 4) is 5.75 Å². The molecule has 23 heavy (non-hydrogen) atoms. The number of hydrogen-bond donors (Lipinski definition) is 1. The molecule has 0 saturated carbocycles. The number of nitrogens with zero attached hydrogens (tertiary/aromatic N) is 4. The van der Waals surface area contributed by atoms with Crippen LogP contribution in [0.3, 0.4) is 0 Å². The summed E-state index contributed by atoms with van der Waals surface area (Å²) in [5, 5.41) is 10.7. The van der Waals surface area contributed by atoms with Crippen LogP contribution in [-0.4, -0.2) is 45.9 Å². The van der Waals surface area contributed by atoms with Gasteiger partial charge in [-0.25, -0.2) is 4.79 Å². The average Bonchev–Trinajstić information content (AvgIpc) is 2.98.